The van der Waals surface area contributed by atoms with Crippen molar-refractivity contribution in [3.8, 4) is 0 Å². The maximum absolute atomic E-state index is 12.2. The van der Waals surface area contributed by atoms with Gasteiger partial charge in [-0.05, 0) is 31.7 Å². The summed E-state index contributed by atoms with van der Waals surface area (Å²) in [5.74, 6) is -1.08. The van der Waals surface area contributed by atoms with Gasteiger partial charge >= 0.3 is 0 Å². The molecule has 6 nitrogen and oxygen atoms in total. The van der Waals surface area contributed by atoms with E-state index in [0.29, 0.717) is 25.8 Å². The van der Waals surface area contributed by atoms with Crippen molar-refractivity contribution in [3.63, 3.8) is 0 Å². The van der Waals surface area contributed by atoms with Crippen molar-refractivity contribution in [1.82, 2.24) is 5.32 Å². The van der Waals surface area contributed by atoms with Gasteiger partial charge in [0.15, 0.2) is 5.78 Å². The highest BCUT2D eigenvalue weighted by molar-refractivity contribution is 5.91. The van der Waals surface area contributed by atoms with E-state index in [4.69, 9.17) is 11.5 Å². The fourth-order valence-corrected chi connectivity index (χ4v) is 2.14. The van der Waals surface area contributed by atoms with Crippen molar-refractivity contribution in [2.45, 2.75) is 52.5 Å². The summed E-state index contributed by atoms with van der Waals surface area (Å²) in [4.78, 5) is 34.7. The third-order valence-corrected chi connectivity index (χ3v) is 3.07. The van der Waals surface area contributed by atoms with Crippen LogP contribution < -0.4 is 16.8 Å². The molecule has 0 unspecified atom stereocenters. The molecule has 2 atom stereocenters. The number of Topliss-reactive ketones (excluding diaryl/α,β-unsaturated/α-hetero) is 1. The van der Waals surface area contributed by atoms with Gasteiger partial charge in [0.05, 0.1) is 6.04 Å². The highest BCUT2D eigenvalue weighted by Gasteiger charge is 2.26. The zero-order valence-corrected chi connectivity index (χ0v) is 12.6. The molecule has 0 saturated heterocycles. The van der Waals surface area contributed by atoms with E-state index in [-0.39, 0.29) is 24.0 Å². The molecule has 0 radical (unpaired) electrons. The Morgan fingerprint density at radius 2 is 1.80 bits per heavy atom. The summed E-state index contributed by atoms with van der Waals surface area (Å²) in [6.07, 6.45) is 1.78. The minimum absolute atomic E-state index is 0.0725. The molecule has 0 aromatic rings. The predicted octanol–water partition coefficient (Wildman–Crippen LogP) is 0.337. The van der Waals surface area contributed by atoms with Gasteiger partial charge in [-0.15, -0.1) is 0 Å². The number of hydrogen-bond donors (Lipinski definition) is 3. The molecule has 0 aliphatic carbocycles. The van der Waals surface area contributed by atoms with Gasteiger partial charge in [0.25, 0.3) is 0 Å². The molecule has 20 heavy (non-hydrogen) atoms. The average molecular weight is 285 g/mol. The summed E-state index contributed by atoms with van der Waals surface area (Å²) >= 11 is 0. The number of primary amides is 1. The third kappa shape index (κ3) is 7.89. The fourth-order valence-electron chi connectivity index (χ4n) is 2.14. The molecule has 0 aromatic carbocycles. The summed E-state index contributed by atoms with van der Waals surface area (Å²) in [7, 11) is 0. The number of rotatable bonds is 10. The molecule has 0 spiro atoms. The van der Waals surface area contributed by atoms with Crippen LogP contribution in [0, 0.1) is 11.8 Å². The van der Waals surface area contributed by atoms with Gasteiger partial charge in [-0.3, -0.25) is 14.4 Å². The SMILES string of the molecule is CC(=O)N[C@@H](CCCN)C(=O)C[C@@H](CC(C)C)C(N)=O. The Morgan fingerprint density at radius 3 is 2.20 bits per heavy atom. The van der Waals surface area contributed by atoms with Crippen molar-refractivity contribution in [3.05, 3.63) is 0 Å². The Hall–Kier alpha value is -1.43. The van der Waals surface area contributed by atoms with Crippen molar-refractivity contribution >= 4 is 17.6 Å². The van der Waals surface area contributed by atoms with Crippen LogP contribution in [0.3, 0.4) is 0 Å². The molecule has 0 aromatic heterocycles. The van der Waals surface area contributed by atoms with Crippen molar-refractivity contribution in [1.29, 1.82) is 0 Å². The lowest BCUT2D eigenvalue weighted by Crippen LogP contribution is -2.42. The zero-order chi connectivity index (χ0) is 15.7. The van der Waals surface area contributed by atoms with Crippen LogP contribution in [0.25, 0.3) is 0 Å². The normalized spacial score (nSPS) is 13.8. The largest absolute Gasteiger partial charge is 0.369 e. The maximum atomic E-state index is 12.2. The smallest absolute Gasteiger partial charge is 0.220 e. The first kappa shape index (κ1) is 18.6. The van der Waals surface area contributed by atoms with Crippen LogP contribution >= 0.6 is 0 Å². The van der Waals surface area contributed by atoms with E-state index in [0.717, 1.165) is 0 Å². The molecular weight excluding hydrogens is 258 g/mol. The summed E-state index contributed by atoms with van der Waals surface area (Å²) < 4.78 is 0. The van der Waals surface area contributed by atoms with Gasteiger partial charge in [-0.25, -0.2) is 0 Å². The molecule has 0 aliphatic heterocycles. The molecule has 6 heteroatoms. The third-order valence-electron chi connectivity index (χ3n) is 3.07. The quantitative estimate of drug-likeness (QED) is 0.536. The van der Waals surface area contributed by atoms with E-state index in [9.17, 15) is 14.4 Å². The Kier molecular flexibility index (Phi) is 8.79. The number of amides is 2. The van der Waals surface area contributed by atoms with E-state index >= 15 is 0 Å². The van der Waals surface area contributed by atoms with Gasteiger partial charge in [0.1, 0.15) is 0 Å². The van der Waals surface area contributed by atoms with Crippen LogP contribution in [-0.2, 0) is 14.4 Å². The molecule has 0 fully saturated rings. The molecular formula is C14H27N3O3. The molecule has 0 saturated carbocycles. The Bertz CT molecular complexity index is 343. The second-order valence-corrected chi connectivity index (χ2v) is 5.58. The maximum Gasteiger partial charge on any atom is 0.220 e. The lowest BCUT2D eigenvalue weighted by molar-refractivity contribution is -0.130. The summed E-state index contributed by atoms with van der Waals surface area (Å²) in [5.41, 5.74) is 10.8. The molecule has 2 amide bonds. The predicted molar refractivity (Wildman–Crippen MR) is 77.7 cm³/mol. The Labute approximate surface area is 120 Å². The Balaban J connectivity index is 4.68. The van der Waals surface area contributed by atoms with E-state index in [1.165, 1.54) is 6.92 Å². The molecule has 0 rings (SSSR count). The topological polar surface area (TPSA) is 115 Å². The minimum Gasteiger partial charge on any atom is -0.369 e. The van der Waals surface area contributed by atoms with Gasteiger partial charge < -0.3 is 16.8 Å². The van der Waals surface area contributed by atoms with Crippen LogP contribution in [0.2, 0.25) is 0 Å². The van der Waals surface area contributed by atoms with Crippen LogP contribution in [0.5, 0.6) is 0 Å². The lowest BCUT2D eigenvalue weighted by atomic mass is 9.89. The minimum atomic E-state index is -0.579. The second kappa shape index (κ2) is 9.47. The average Bonchev–Trinajstić information content (AvgIpc) is 2.32. The van der Waals surface area contributed by atoms with Crippen molar-refractivity contribution < 1.29 is 14.4 Å². The number of nitrogens with two attached hydrogens (primary N) is 2. The van der Waals surface area contributed by atoms with Crippen LogP contribution in [0.1, 0.15) is 46.5 Å². The van der Waals surface area contributed by atoms with Gasteiger partial charge in [0, 0.05) is 19.3 Å². The van der Waals surface area contributed by atoms with E-state index < -0.39 is 17.9 Å². The van der Waals surface area contributed by atoms with E-state index in [1.54, 1.807) is 0 Å². The van der Waals surface area contributed by atoms with Gasteiger partial charge in [-0.1, -0.05) is 13.8 Å². The Morgan fingerprint density at radius 1 is 1.20 bits per heavy atom. The van der Waals surface area contributed by atoms with Crippen molar-refractivity contribution in [2.24, 2.45) is 23.3 Å². The fraction of sp³-hybridized carbons (Fsp3) is 0.786. The molecule has 5 N–H and O–H groups in total. The first-order valence-electron chi connectivity index (χ1n) is 7.07. The number of hydrogen-bond acceptors (Lipinski definition) is 4. The number of ketones is 1. The van der Waals surface area contributed by atoms with Gasteiger partial charge in [0.2, 0.25) is 11.8 Å². The lowest BCUT2D eigenvalue weighted by Gasteiger charge is -2.20. The molecule has 116 valence electrons. The highest BCUT2D eigenvalue weighted by atomic mass is 16.2. The first-order valence-corrected chi connectivity index (χ1v) is 7.07. The molecule has 0 heterocycles. The highest BCUT2D eigenvalue weighted by Crippen LogP contribution is 2.17. The van der Waals surface area contributed by atoms with Crippen molar-refractivity contribution in [2.75, 3.05) is 6.54 Å². The van der Waals surface area contributed by atoms with Gasteiger partial charge in [-0.2, -0.15) is 0 Å². The first-order chi connectivity index (χ1) is 9.27. The van der Waals surface area contributed by atoms with Crippen LogP contribution in [0.4, 0.5) is 0 Å². The standard InChI is InChI=1S/C14H27N3O3/c1-9(2)7-11(14(16)20)8-13(19)12(5-4-6-15)17-10(3)18/h9,11-12H,4-8,15H2,1-3H3,(H2,16,20)(H,17,18)/t11-,12+/m1/s1. The summed E-state index contributed by atoms with van der Waals surface area (Å²) in [6.45, 7) is 5.76. The zero-order valence-electron chi connectivity index (χ0n) is 12.6. The molecule has 0 bridgehead atoms. The van der Waals surface area contributed by atoms with E-state index in [1.807, 2.05) is 13.8 Å². The monoisotopic (exact) mass is 285 g/mol. The summed E-state index contributed by atoms with van der Waals surface area (Å²) in [6, 6.07) is -0.579. The number of carbonyl (C=O) groups excluding carboxylic acids is 3. The molecule has 0 aliphatic rings. The van der Waals surface area contributed by atoms with Crippen LogP contribution in [0.15, 0.2) is 0 Å². The number of nitrogens with one attached hydrogen (secondary N) is 1. The number of carbonyl (C=O) groups is 3. The van der Waals surface area contributed by atoms with Crippen LogP contribution in [-0.4, -0.2) is 30.2 Å². The van der Waals surface area contributed by atoms with E-state index in [2.05, 4.69) is 5.32 Å². The summed E-state index contributed by atoms with van der Waals surface area (Å²) in [5, 5.41) is 2.62. The second-order valence-electron chi connectivity index (χ2n) is 5.58.